The minimum Gasteiger partial charge on any atom is -0.481 e. The van der Waals surface area contributed by atoms with Gasteiger partial charge in [0, 0.05) is 30.1 Å². The standard InChI is InChI=1S/C33H35FN2O5.C2H6O.Ca/c1-21(2)31-30(33(41)35-25-11-7-4-8-12-25)29(22-9-5-3-6-10-22)32(23-13-15-24(34)16-14-23)36(31)18-17-26(37)19-27(38)20-28(39)40;1-2-3;/h3-16,21,26-27,37-38H,17-20H2,1-2H3,(H,35,41)(H,39,40);3H,2H2,1H3;/q;;+2/t26-,27-;;/m1../s1. The first-order valence-electron chi connectivity index (χ1n) is 14.7. The Kier molecular flexibility index (Phi) is 15.9. The molecule has 5 N–H and O–H groups in total. The van der Waals surface area contributed by atoms with Crippen LogP contribution in [0, 0.1) is 5.82 Å². The molecule has 1 aromatic heterocycles. The molecular formula is C35H41CaFN2O6+2. The fraction of sp³-hybridized carbons (Fsp3) is 0.314. The molecule has 45 heavy (non-hydrogen) atoms. The molecule has 0 unspecified atom stereocenters. The molecule has 10 heteroatoms. The molecule has 234 valence electrons. The van der Waals surface area contributed by atoms with E-state index in [2.05, 4.69) is 5.32 Å². The Hall–Kier alpha value is -3.05. The fourth-order valence-electron chi connectivity index (χ4n) is 5.20. The normalized spacial score (nSPS) is 12.0. The van der Waals surface area contributed by atoms with Gasteiger partial charge in [0.25, 0.3) is 5.91 Å². The number of aliphatic hydroxyl groups is 3. The van der Waals surface area contributed by atoms with Gasteiger partial charge < -0.3 is 30.3 Å². The number of para-hydroxylation sites is 1. The number of hydrogen-bond donors (Lipinski definition) is 5. The predicted molar refractivity (Wildman–Crippen MR) is 176 cm³/mol. The summed E-state index contributed by atoms with van der Waals surface area (Å²) in [5.41, 5.74) is 4.77. The SMILES string of the molecule is CC(C)c1c(C(=O)Nc2ccccc2)c(-c2ccccc2)c(-c2ccc(F)cc2)n1CC[C@@H](O)C[C@@H](O)CC(=O)O.CCO.[Ca+2]. The Labute approximate surface area is 293 Å². The largest absolute Gasteiger partial charge is 2.00 e. The van der Waals surface area contributed by atoms with Crippen LogP contribution >= 0.6 is 0 Å². The number of carboxylic acid groups (broad SMARTS) is 1. The zero-order valence-corrected chi connectivity index (χ0v) is 28.2. The zero-order valence-electron chi connectivity index (χ0n) is 26.0. The van der Waals surface area contributed by atoms with Crippen molar-refractivity contribution in [3.63, 3.8) is 0 Å². The van der Waals surface area contributed by atoms with Crippen molar-refractivity contribution in [2.24, 2.45) is 0 Å². The monoisotopic (exact) mass is 644 g/mol. The van der Waals surface area contributed by atoms with Gasteiger partial charge in [-0.3, -0.25) is 9.59 Å². The molecule has 8 nitrogen and oxygen atoms in total. The van der Waals surface area contributed by atoms with E-state index in [0.717, 1.165) is 11.3 Å². The molecule has 4 rings (SSSR count). The fourth-order valence-corrected chi connectivity index (χ4v) is 5.20. The first kappa shape index (κ1) is 38.1. The third-order valence-corrected chi connectivity index (χ3v) is 6.93. The zero-order chi connectivity index (χ0) is 32.2. The van der Waals surface area contributed by atoms with Crippen molar-refractivity contribution in [1.29, 1.82) is 0 Å². The number of benzene rings is 3. The van der Waals surface area contributed by atoms with E-state index in [9.17, 15) is 24.2 Å². The van der Waals surface area contributed by atoms with E-state index in [4.69, 9.17) is 10.2 Å². The molecule has 1 amide bonds. The number of rotatable bonds is 12. The number of aliphatic carboxylic acids is 1. The van der Waals surface area contributed by atoms with Crippen LogP contribution in [-0.4, -0.2) is 93.4 Å². The number of anilines is 1. The molecule has 0 aliphatic rings. The van der Waals surface area contributed by atoms with E-state index in [1.54, 1.807) is 19.1 Å². The first-order chi connectivity index (χ1) is 21.1. The van der Waals surface area contributed by atoms with Crippen molar-refractivity contribution in [1.82, 2.24) is 4.57 Å². The Morgan fingerprint density at radius 1 is 0.867 bits per heavy atom. The van der Waals surface area contributed by atoms with E-state index in [0.29, 0.717) is 28.1 Å². The van der Waals surface area contributed by atoms with Crippen LogP contribution in [0.15, 0.2) is 84.9 Å². The van der Waals surface area contributed by atoms with Crippen LogP contribution in [0.2, 0.25) is 0 Å². The summed E-state index contributed by atoms with van der Waals surface area (Å²) >= 11 is 0. The van der Waals surface area contributed by atoms with Gasteiger partial charge in [0.15, 0.2) is 0 Å². The summed E-state index contributed by atoms with van der Waals surface area (Å²) in [4.78, 5) is 25.0. The predicted octanol–water partition coefficient (Wildman–Crippen LogP) is 5.93. The van der Waals surface area contributed by atoms with Crippen LogP contribution in [0.5, 0.6) is 0 Å². The van der Waals surface area contributed by atoms with E-state index in [1.165, 1.54) is 12.1 Å². The molecular weight excluding hydrogens is 603 g/mol. The van der Waals surface area contributed by atoms with E-state index < -0.39 is 24.6 Å². The van der Waals surface area contributed by atoms with Gasteiger partial charge in [-0.2, -0.15) is 0 Å². The number of hydrogen-bond acceptors (Lipinski definition) is 5. The average Bonchev–Trinajstić information content (AvgIpc) is 3.33. The topological polar surface area (TPSA) is 132 Å². The molecule has 0 spiro atoms. The maximum atomic E-state index is 14.0. The average molecular weight is 645 g/mol. The molecule has 0 saturated carbocycles. The number of nitrogens with zero attached hydrogens (tertiary/aromatic N) is 1. The first-order valence-corrected chi connectivity index (χ1v) is 14.7. The summed E-state index contributed by atoms with van der Waals surface area (Å²) in [6.07, 6.45) is -2.51. The second-order valence-electron chi connectivity index (χ2n) is 10.7. The number of carboxylic acids is 1. The van der Waals surface area contributed by atoms with Gasteiger partial charge in [-0.25, -0.2) is 4.39 Å². The smallest absolute Gasteiger partial charge is 0.481 e. The van der Waals surface area contributed by atoms with Gasteiger partial charge in [0.1, 0.15) is 5.82 Å². The third kappa shape index (κ3) is 10.8. The van der Waals surface area contributed by atoms with Crippen molar-refractivity contribution in [2.45, 2.75) is 64.7 Å². The summed E-state index contributed by atoms with van der Waals surface area (Å²) in [6, 6.07) is 24.8. The molecule has 0 aliphatic carbocycles. The molecule has 4 aromatic rings. The molecule has 0 fully saturated rings. The van der Waals surface area contributed by atoms with Gasteiger partial charge in [-0.15, -0.1) is 0 Å². The number of carbonyl (C=O) groups excluding carboxylic acids is 1. The van der Waals surface area contributed by atoms with Crippen molar-refractivity contribution >= 4 is 55.3 Å². The summed E-state index contributed by atoms with van der Waals surface area (Å²) in [5, 5.41) is 40.4. The molecule has 1 heterocycles. The summed E-state index contributed by atoms with van der Waals surface area (Å²) in [6.45, 7) is 6.18. The number of nitrogens with one attached hydrogen (secondary N) is 1. The number of aromatic nitrogens is 1. The van der Waals surface area contributed by atoms with Gasteiger partial charge in [-0.05, 0) is 73.2 Å². The minimum atomic E-state index is -1.18. The number of halogens is 1. The van der Waals surface area contributed by atoms with E-state index in [1.807, 2.05) is 79.1 Å². The summed E-state index contributed by atoms with van der Waals surface area (Å²) in [7, 11) is 0. The Morgan fingerprint density at radius 3 is 1.96 bits per heavy atom. The van der Waals surface area contributed by atoms with Gasteiger partial charge in [0.2, 0.25) is 0 Å². The molecule has 0 radical (unpaired) electrons. The molecule has 0 bridgehead atoms. The van der Waals surface area contributed by atoms with Crippen molar-refractivity contribution < 1.29 is 34.4 Å². The van der Waals surface area contributed by atoms with Crippen LogP contribution in [0.3, 0.4) is 0 Å². The second-order valence-corrected chi connectivity index (χ2v) is 10.7. The summed E-state index contributed by atoms with van der Waals surface area (Å²) in [5.74, 6) is -1.93. The van der Waals surface area contributed by atoms with Crippen LogP contribution in [0.1, 0.15) is 62.0 Å². The summed E-state index contributed by atoms with van der Waals surface area (Å²) < 4.78 is 16.0. The molecule has 3 aromatic carbocycles. The number of amides is 1. The van der Waals surface area contributed by atoms with E-state index in [-0.39, 0.29) is 81.4 Å². The van der Waals surface area contributed by atoms with Crippen molar-refractivity contribution in [3.8, 4) is 22.4 Å². The minimum absolute atomic E-state index is 0. The van der Waals surface area contributed by atoms with Crippen LogP contribution in [0.4, 0.5) is 10.1 Å². The van der Waals surface area contributed by atoms with E-state index >= 15 is 0 Å². The maximum Gasteiger partial charge on any atom is 2.00 e. The maximum absolute atomic E-state index is 14.0. The van der Waals surface area contributed by atoms with Gasteiger partial charge in [-0.1, -0.05) is 62.4 Å². The van der Waals surface area contributed by atoms with Crippen molar-refractivity contribution in [2.75, 3.05) is 11.9 Å². The number of carbonyl (C=O) groups is 2. The van der Waals surface area contributed by atoms with Gasteiger partial charge >= 0.3 is 43.7 Å². The molecule has 2 atom stereocenters. The molecule has 0 aliphatic heterocycles. The quantitative estimate of drug-likeness (QED) is 0.122. The van der Waals surface area contributed by atoms with Crippen molar-refractivity contribution in [3.05, 3.63) is 102 Å². The van der Waals surface area contributed by atoms with Gasteiger partial charge in [0.05, 0.1) is 29.9 Å². The van der Waals surface area contributed by atoms with Crippen LogP contribution < -0.4 is 5.32 Å². The number of aliphatic hydroxyl groups excluding tert-OH is 3. The second kappa shape index (κ2) is 18.8. The molecule has 0 saturated heterocycles. The Balaban J connectivity index is 0.00000169. The Bertz CT molecular complexity index is 1490. The van der Waals surface area contributed by atoms with Crippen LogP contribution in [-0.2, 0) is 11.3 Å². The van der Waals surface area contributed by atoms with Crippen LogP contribution in [0.25, 0.3) is 22.4 Å². The Morgan fingerprint density at radius 2 is 1.42 bits per heavy atom. The third-order valence-electron chi connectivity index (χ3n) is 6.93.